The monoisotopic (exact) mass is 228 g/mol. The number of ether oxygens (including phenoxy) is 1. The fourth-order valence-corrected chi connectivity index (χ4v) is 2.00. The molecule has 0 aromatic heterocycles. The van der Waals surface area contributed by atoms with Crippen molar-refractivity contribution in [3.05, 3.63) is 42.5 Å². The minimum absolute atomic E-state index is 0.756. The van der Waals surface area contributed by atoms with E-state index in [2.05, 4.69) is 56.3 Å². The van der Waals surface area contributed by atoms with E-state index >= 15 is 0 Å². The summed E-state index contributed by atoms with van der Waals surface area (Å²) >= 11 is 0. The van der Waals surface area contributed by atoms with Gasteiger partial charge in [0.15, 0.2) is 0 Å². The minimum Gasteiger partial charge on any atom is -0.493 e. The van der Waals surface area contributed by atoms with Crippen LogP contribution in [0.1, 0.15) is 26.7 Å². The SMILES string of the molecule is CC(C)CCCOc1cccc2ccccc12. The summed E-state index contributed by atoms with van der Waals surface area (Å²) in [6.45, 7) is 5.31. The van der Waals surface area contributed by atoms with E-state index in [4.69, 9.17) is 4.74 Å². The fraction of sp³-hybridized carbons (Fsp3) is 0.375. The number of benzene rings is 2. The van der Waals surface area contributed by atoms with Crippen LogP contribution in [0, 0.1) is 5.92 Å². The van der Waals surface area contributed by atoms with Gasteiger partial charge in [-0.3, -0.25) is 0 Å². The first-order valence-electron chi connectivity index (χ1n) is 6.38. The van der Waals surface area contributed by atoms with Crippen molar-refractivity contribution < 1.29 is 4.74 Å². The molecular weight excluding hydrogens is 208 g/mol. The maximum Gasteiger partial charge on any atom is 0.127 e. The maximum atomic E-state index is 5.87. The van der Waals surface area contributed by atoms with Crippen LogP contribution in [-0.2, 0) is 0 Å². The van der Waals surface area contributed by atoms with Crippen molar-refractivity contribution in [2.75, 3.05) is 6.61 Å². The quantitative estimate of drug-likeness (QED) is 0.676. The largest absolute Gasteiger partial charge is 0.493 e. The van der Waals surface area contributed by atoms with Gasteiger partial charge in [0.25, 0.3) is 0 Å². The summed E-state index contributed by atoms with van der Waals surface area (Å²) in [6.07, 6.45) is 2.35. The summed E-state index contributed by atoms with van der Waals surface area (Å²) in [5, 5.41) is 2.45. The van der Waals surface area contributed by atoms with E-state index in [9.17, 15) is 0 Å². The molecular formula is C16H20O. The van der Waals surface area contributed by atoms with Gasteiger partial charge in [0.1, 0.15) is 5.75 Å². The lowest BCUT2D eigenvalue weighted by Crippen LogP contribution is -1.99. The Morgan fingerprint density at radius 3 is 2.59 bits per heavy atom. The predicted molar refractivity (Wildman–Crippen MR) is 73.5 cm³/mol. The van der Waals surface area contributed by atoms with Gasteiger partial charge in [-0.25, -0.2) is 0 Å². The van der Waals surface area contributed by atoms with E-state index in [1.54, 1.807) is 0 Å². The lowest BCUT2D eigenvalue weighted by molar-refractivity contribution is 0.301. The zero-order valence-corrected chi connectivity index (χ0v) is 10.6. The Morgan fingerprint density at radius 2 is 1.76 bits per heavy atom. The molecule has 0 heterocycles. The van der Waals surface area contributed by atoms with E-state index in [-0.39, 0.29) is 0 Å². The molecule has 0 amide bonds. The Morgan fingerprint density at radius 1 is 1.00 bits per heavy atom. The third-order valence-electron chi connectivity index (χ3n) is 2.93. The van der Waals surface area contributed by atoms with Gasteiger partial charge in [0.2, 0.25) is 0 Å². The van der Waals surface area contributed by atoms with Crippen LogP contribution in [0.15, 0.2) is 42.5 Å². The van der Waals surface area contributed by atoms with Crippen LogP contribution in [0.3, 0.4) is 0 Å². The molecule has 1 nitrogen and oxygen atoms in total. The Bertz CT molecular complexity index is 468. The first-order valence-corrected chi connectivity index (χ1v) is 6.38. The molecule has 0 aliphatic carbocycles. The molecule has 90 valence electrons. The maximum absolute atomic E-state index is 5.87. The van der Waals surface area contributed by atoms with E-state index in [0.29, 0.717) is 0 Å². The van der Waals surface area contributed by atoms with Gasteiger partial charge in [-0.2, -0.15) is 0 Å². The molecule has 17 heavy (non-hydrogen) atoms. The van der Waals surface area contributed by atoms with Crippen molar-refractivity contribution in [1.82, 2.24) is 0 Å². The van der Waals surface area contributed by atoms with Gasteiger partial charge >= 0.3 is 0 Å². The smallest absolute Gasteiger partial charge is 0.127 e. The molecule has 1 heteroatoms. The molecule has 0 saturated heterocycles. The van der Waals surface area contributed by atoms with E-state index in [1.165, 1.54) is 17.2 Å². The van der Waals surface area contributed by atoms with Crippen molar-refractivity contribution in [3.8, 4) is 5.75 Å². The van der Waals surface area contributed by atoms with Crippen LogP contribution in [0.5, 0.6) is 5.75 Å². The van der Waals surface area contributed by atoms with Crippen LogP contribution < -0.4 is 4.74 Å². The molecule has 2 aromatic rings. The van der Waals surface area contributed by atoms with Crippen LogP contribution in [0.25, 0.3) is 10.8 Å². The van der Waals surface area contributed by atoms with Gasteiger partial charge in [0.05, 0.1) is 6.61 Å². The second-order valence-electron chi connectivity index (χ2n) is 4.86. The van der Waals surface area contributed by atoms with Crippen molar-refractivity contribution in [1.29, 1.82) is 0 Å². The van der Waals surface area contributed by atoms with Crippen molar-refractivity contribution >= 4 is 10.8 Å². The summed E-state index contributed by atoms with van der Waals surface area (Å²) in [4.78, 5) is 0. The first kappa shape index (κ1) is 12.0. The highest BCUT2D eigenvalue weighted by Gasteiger charge is 2.01. The van der Waals surface area contributed by atoms with Crippen molar-refractivity contribution in [2.45, 2.75) is 26.7 Å². The third kappa shape index (κ3) is 3.23. The topological polar surface area (TPSA) is 9.23 Å². The van der Waals surface area contributed by atoms with Crippen molar-refractivity contribution in [3.63, 3.8) is 0 Å². The van der Waals surface area contributed by atoms with Crippen LogP contribution in [0.2, 0.25) is 0 Å². The molecule has 2 rings (SSSR count). The average molecular weight is 228 g/mol. The first-order chi connectivity index (χ1) is 8.27. The van der Waals surface area contributed by atoms with Gasteiger partial charge in [0, 0.05) is 5.39 Å². The average Bonchev–Trinajstić information content (AvgIpc) is 2.34. The fourth-order valence-electron chi connectivity index (χ4n) is 2.00. The molecule has 0 bridgehead atoms. The lowest BCUT2D eigenvalue weighted by Gasteiger charge is -2.10. The molecule has 0 atom stereocenters. The van der Waals surface area contributed by atoms with Crippen molar-refractivity contribution in [2.24, 2.45) is 5.92 Å². The molecule has 0 spiro atoms. The lowest BCUT2D eigenvalue weighted by atomic mass is 10.1. The molecule has 0 radical (unpaired) electrons. The Hall–Kier alpha value is -1.50. The molecule has 0 fully saturated rings. The summed E-state index contributed by atoms with van der Waals surface area (Å²) < 4.78 is 5.87. The number of fused-ring (bicyclic) bond motifs is 1. The molecule has 0 N–H and O–H groups in total. The Kier molecular flexibility index (Phi) is 4.03. The molecule has 0 aliphatic rings. The van der Waals surface area contributed by atoms with E-state index < -0.39 is 0 Å². The summed E-state index contributed by atoms with van der Waals surface area (Å²) in [7, 11) is 0. The Labute approximate surface area is 103 Å². The third-order valence-corrected chi connectivity index (χ3v) is 2.93. The van der Waals surface area contributed by atoms with Gasteiger partial charge in [-0.05, 0) is 30.2 Å². The summed E-state index contributed by atoms with van der Waals surface area (Å²) in [5.74, 6) is 1.76. The zero-order valence-electron chi connectivity index (χ0n) is 10.6. The number of rotatable bonds is 5. The normalized spacial score (nSPS) is 11.0. The van der Waals surface area contributed by atoms with E-state index in [0.717, 1.165) is 24.7 Å². The predicted octanol–water partition coefficient (Wildman–Crippen LogP) is 4.65. The second kappa shape index (κ2) is 5.72. The standard InChI is InChI=1S/C16H20O/c1-13(2)7-6-12-17-16-11-5-9-14-8-3-4-10-15(14)16/h3-5,8-11,13H,6-7,12H2,1-2H3. The molecule has 0 unspecified atom stereocenters. The molecule has 0 aliphatic heterocycles. The van der Waals surface area contributed by atoms with Crippen LogP contribution >= 0.6 is 0 Å². The van der Waals surface area contributed by atoms with Gasteiger partial charge < -0.3 is 4.74 Å². The minimum atomic E-state index is 0.756. The molecule has 2 aromatic carbocycles. The molecule has 0 saturated carbocycles. The van der Waals surface area contributed by atoms with Crippen LogP contribution in [0.4, 0.5) is 0 Å². The highest BCUT2D eigenvalue weighted by atomic mass is 16.5. The van der Waals surface area contributed by atoms with E-state index in [1.807, 2.05) is 0 Å². The van der Waals surface area contributed by atoms with Gasteiger partial charge in [-0.1, -0.05) is 50.2 Å². The Balaban J connectivity index is 2.03. The number of hydrogen-bond donors (Lipinski definition) is 0. The highest BCUT2D eigenvalue weighted by Crippen LogP contribution is 2.25. The number of hydrogen-bond acceptors (Lipinski definition) is 1. The van der Waals surface area contributed by atoms with Gasteiger partial charge in [-0.15, -0.1) is 0 Å². The summed E-state index contributed by atoms with van der Waals surface area (Å²) in [6, 6.07) is 14.6. The van der Waals surface area contributed by atoms with Crippen LogP contribution in [-0.4, -0.2) is 6.61 Å². The second-order valence-corrected chi connectivity index (χ2v) is 4.86. The highest BCUT2D eigenvalue weighted by molar-refractivity contribution is 5.88. The summed E-state index contributed by atoms with van der Waals surface area (Å²) in [5.41, 5.74) is 0. The zero-order chi connectivity index (χ0) is 12.1.